The van der Waals surface area contributed by atoms with E-state index >= 15 is 0 Å². The van der Waals surface area contributed by atoms with Crippen molar-refractivity contribution in [3.63, 3.8) is 0 Å². The Bertz CT molecular complexity index is 780. The first-order valence-corrected chi connectivity index (χ1v) is 9.36. The Morgan fingerprint density at radius 1 is 1.07 bits per heavy atom. The number of urea groups is 1. The first-order valence-electron chi connectivity index (χ1n) is 9.36. The van der Waals surface area contributed by atoms with Gasteiger partial charge < -0.3 is 5.11 Å². The van der Waals surface area contributed by atoms with Gasteiger partial charge in [0.2, 0.25) is 5.91 Å². The fourth-order valence-electron chi connectivity index (χ4n) is 3.41. The number of amides is 3. The molecule has 2 N–H and O–H groups in total. The zero-order valence-corrected chi connectivity index (χ0v) is 17.7. The SMILES string of the molecule is CN(O)C(=O)N1CCC(C(=O)c2cc(C(C)(C)C)c(O)c(C(C)(C)C)c2)C1=O. The van der Waals surface area contributed by atoms with Gasteiger partial charge in [-0.3, -0.25) is 19.7 Å². The van der Waals surface area contributed by atoms with E-state index in [1.807, 2.05) is 41.5 Å². The summed E-state index contributed by atoms with van der Waals surface area (Å²) in [6.45, 7) is 11.8. The molecule has 154 valence electrons. The summed E-state index contributed by atoms with van der Waals surface area (Å²) in [6, 6.07) is 2.43. The van der Waals surface area contributed by atoms with Crippen molar-refractivity contribution < 1.29 is 24.7 Å². The molecule has 3 amide bonds. The molecule has 2 rings (SSSR count). The van der Waals surface area contributed by atoms with Crippen LogP contribution in [0, 0.1) is 5.92 Å². The number of nitrogens with zero attached hydrogens (tertiary/aromatic N) is 2. The Morgan fingerprint density at radius 3 is 1.93 bits per heavy atom. The number of hydrogen-bond donors (Lipinski definition) is 2. The molecule has 28 heavy (non-hydrogen) atoms. The molecule has 1 aliphatic rings. The Hall–Kier alpha value is -2.41. The number of hydrogen-bond acceptors (Lipinski definition) is 5. The Morgan fingerprint density at radius 2 is 1.54 bits per heavy atom. The van der Waals surface area contributed by atoms with Crippen LogP contribution in [0.1, 0.15) is 69.4 Å². The highest BCUT2D eigenvalue weighted by Gasteiger charge is 2.41. The molecule has 1 aromatic rings. The summed E-state index contributed by atoms with van der Waals surface area (Å²) in [5, 5.41) is 20.4. The average molecular weight is 390 g/mol. The molecule has 0 bridgehead atoms. The minimum atomic E-state index is -0.978. The van der Waals surface area contributed by atoms with Crippen LogP contribution in [-0.2, 0) is 15.6 Å². The Balaban J connectivity index is 2.49. The number of carbonyl (C=O) groups excluding carboxylic acids is 3. The van der Waals surface area contributed by atoms with Crippen molar-refractivity contribution in [3.05, 3.63) is 28.8 Å². The lowest BCUT2D eigenvalue weighted by Gasteiger charge is -2.28. The Kier molecular flexibility index (Phi) is 5.63. The fourth-order valence-corrected chi connectivity index (χ4v) is 3.41. The first-order chi connectivity index (χ1) is 12.7. The molecule has 1 atom stereocenters. The number of phenolic OH excluding ortho intramolecular Hbond substituents is 1. The second-order valence-electron chi connectivity index (χ2n) is 9.42. The molecule has 1 fully saturated rings. The molecule has 0 spiro atoms. The molecule has 1 unspecified atom stereocenters. The fraction of sp³-hybridized carbons (Fsp3) is 0.571. The van der Waals surface area contributed by atoms with Gasteiger partial charge in [-0.1, -0.05) is 41.5 Å². The molecule has 0 aromatic heterocycles. The summed E-state index contributed by atoms with van der Waals surface area (Å²) in [6.07, 6.45) is 0.202. The summed E-state index contributed by atoms with van der Waals surface area (Å²) >= 11 is 0. The highest BCUT2D eigenvalue weighted by molar-refractivity contribution is 6.14. The van der Waals surface area contributed by atoms with E-state index in [1.165, 1.54) is 0 Å². The zero-order chi connectivity index (χ0) is 21.6. The minimum Gasteiger partial charge on any atom is -0.507 e. The lowest BCUT2D eigenvalue weighted by Crippen LogP contribution is -2.42. The van der Waals surface area contributed by atoms with Gasteiger partial charge in [0, 0.05) is 30.3 Å². The van der Waals surface area contributed by atoms with E-state index in [-0.39, 0.29) is 24.5 Å². The van der Waals surface area contributed by atoms with E-state index in [9.17, 15) is 24.7 Å². The van der Waals surface area contributed by atoms with Gasteiger partial charge in [-0.05, 0) is 29.4 Å². The van der Waals surface area contributed by atoms with Crippen LogP contribution in [0.5, 0.6) is 5.75 Å². The van der Waals surface area contributed by atoms with Crippen LogP contribution in [-0.4, -0.2) is 51.6 Å². The molecule has 1 heterocycles. The van der Waals surface area contributed by atoms with Crippen molar-refractivity contribution in [2.75, 3.05) is 13.6 Å². The maximum absolute atomic E-state index is 13.1. The molecule has 0 aliphatic carbocycles. The molecule has 1 saturated heterocycles. The van der Waals surface area contributed by atoms with Crippen molar-refractivity contribution in [3.8, 4) is 5.75 Å². The molecule has 7 nitrogen and oxygen atoms in total. The summed E-state index contributed by atoms with van der Waals surface area (Å²) < 4.78 is 0. The molecular formula is C21H30N2O5. The van der Waals surface area contributed by atoms with E-state index in [2.05, 4.69) is 0 Å². The lowest BCUT2D eigenvalue weighted by atomic mass is 9.77. The van der Waals surface area contributed by atoms with Gasteiger partial charge in [0.25, 0.3) is 0 Å². The van der Waals surface area contributed by atoms with Gasteiger partial charge in [0.05, 0.1) is 0 Å². The number of Topliss-reactive ketones (excluding diaryl/α,β-unsaturated/α-hetero) is 1. The molecule has 1 aliphatic heterocycles. The van der Waals surface area contributed by atoms with Crippen LogP contribution in [0.3, 0.4) is 0 Å². The summed E-state index contributed by atoms with van der Waals surface area (Å²) in [5.41, 5.74) is 0.815. The van der Waals surface area contributed by atoms with Gasteiger partial charge in [-0.25, -0.2) is 9.86 Å². The number of imide groups is 1. The monoisotopic (exact) mass is 390 g/mol. The third-order valence-electron chi connectivity index (χ3n) is 5.04. The number of aromatic hydroxyl groups is 1. The predicted octanol–water partition coefficient (Wildman–Crippen LogP) is 3.46. The number of likely N-dealkylation sites (tertiary alicyclic amines) is 1. The van der Waals surface area contributed by atoms with Crippen LogP contribution in [0.4, 0.5) is 4.79 Å². The van der Waals surface area contributed by atoms with Gasteiger partial charge in [-0.2, -0.15) is 0 Å². The normalized spacial score (nSPS) is 17.8. The number of rotatable bonds is 2. The first kappa shape index (κ1) is 21.9. The number of carbonyl (C=O) groups is 3. The average Bonchev–Trinajstić information content (AvgIpc) is 2.92. The van der Waals surface area contributed by atoms with Gasteiger partial charge in [0.15, 0.2) is 5.78 Å². The predicted molar refractivity (Wildman–Crippen MR) is 105 cm³/mol. The second-order valence-corrected chi connectivity index (χ2v) is 9.42. The smallest absolute Gasteiger partial charge is 0.350 e. The number of phenols is 1. The summed E-state index contributed by atoms with van der Waals surface area (Å²) in [5.74, 6) is -1.81. The summed E-state index contributed by atoms with van der Waals surface area (Å²) in [4.78, 5) is 38.5. The van der Waals surface area contributed by atoms with Crippen LogP contribution in [0.2, 0.25) is 0 Å². The molecule has 0 radical (unpaired) electrons. The maximum Gasteiger partial charge on any atom is 0.350 e. The van der Waals surface area contributed by atoms with Gasteiger partial charge in [-0.15, -0.1) is 0 Å². The zero-order valence-electron chi connectivity index (χ0n) is 17.7. The van der Waals surface area contributed by atoms with Crippen LogP contribution < -0.4 is 0 Å². The quantitative estimate of drug-likeness (QED) is 0.349. The van der Waals surface area contributed by atoms with Crippen molar-refractivity contribution in [1.82, 2.24) is 9.96 Å². The molecule has 0 saturated carbocycles. The van der Waals surface area contributed by atoms with Crippen LogP contribution in [0.25, 0.3) is 0 Å². The van der Waals surface area contributed by atoms with Gasteiger partial charge in [0.1, 0.15) is 11.7 Å². The van der Waals surface area contributed by atoms with E-state index < -0.39 is 28.7 Å². The van der Waals surface area contributed by atoms with Crippen molar-refractivity contribution >= 4 is 17.7 Å². The van der Waals surface area contributed by atoms with Crippen molar-refractivity contribution in [1.29, 1.82) is 0 Å². The highest BCUT2D eigenvalue weighted by Crippen LogP contribution is 2.40. The molecule has 7 heteroatoms. The van der Waals surface area contributed by atoms with E-state index in [1.54, 1.807) is 12.1 Å². The standard InChI is InChI=1S/C21H30N2O5/c1-20(2,3)14-10-12(11-15(17(14)25)21(4,5)6)16(24)13-8-9-23(18(13)26)19(27)22(7)28/h10-11,13,25,28H,8-9H2,1-7H3. The molecule has 1 aromatic carbocycles. The highest BCUT2D eigenvalue weighted by atomic mass is 16.5. The Labute approximate surface area is 165 Å². The third kappa shape index (κ3) is 4.04. The van der Waals surface area contributed by atoms with E-state index in [4.69, 9.17) is 0 Å². The maximum atomic E-state index is 13.1. The van der Waals surface area contributed by atoms with E-state index in [0.717, 1.165) is 11.9 Å². The third-order valence-corrected chi connectivity index (χ3v) is 5.04. The lowest BCUT2D eigenvalue weighted by molar-refractivity contribution is -0.129. The topological polar surface area (TPSA) is 98.2 Å². The number of ketones is 1. The van der Waals surface area contributed by atoms with Gasteiger partial charge >= 0.3 is 6.03 Å². The van der Waals surface area contributed by atoms with Crippen LogP contribution >= 0.6 is 0 Å². The number of benzene rings is 1. The summed E-state index contributed by atoms with van der Waals surface area (Å²) in [7, 11) is 1.13. The second kappa shape index (κ2) is 7.20. The minimum absolute atomic E-state index is 0.0787. The number of hydroxylamine groups is 2. The van der Waals surface area contributed by atoms with Crippen molar-refractivity contribution in [2.45, 2.75) is 58.8 Å². The molecular weight excluding hydrogens is 360 g/mol. The van der Waals surface area contributed by atoms with Crippen molar-refractivity contribution in [2.24, 2.45) is 5.92 Å². The largest absolute Gasteiger partial charge is 0.507 e. The van der Waals surface area contributed by atoms with E-state index in [0.29, 0.717) is 21.8 Å². The van der Waals surface area contributed by atoms with Crippen LogP contribution in [0.15, 0.2) is 12.1 Å².